The van der Waals surface area contributed by atoms with Crippen molar-refractivity contribution in [1.29, 1.82) is 0 Å². The van der Waals surface area contributed by atoms with Crippen LogP contribution in [0.5, 0.6) is 0 Å². The van der Waals surface area contributed by atoms with Gasteiger partial charge in [-0.15, -0.1) is 0 Å². The van der Waals surface area contributed by atoms with E-state index in [1.54, 1.807) is 0 Å². The van der Waals surface area contributed by atoms with Crippen LogP contribution in [0.4, 0.5) is 5.69 Å². The summed E-state index contributed by atoms with van der Waals surface area (Å²) in [4.78, 5) is 22.1. The Hall–Kier alpha value is -1.47. The third-order valence-electron chi connectivity index (χ3n) is 2.65. The van der Waals surface area contributed by atoms with Crippen LogP contribution in [0.25, 0.3) is 0 Å². The zero-order valence-corrected chi connectivity index (χ0v) is 12.0. The van der Waals surface area contributed by atoms with E-state index in [0.717, 1.165) is 0 Å². The summed E-state index contributed by atoms with van der Waals surface area (Å²) in [7, 11) is 0. The number of carbonyl (C=O) groups excluding carboxylic acids is 1. The van der Waals surface area contributed by atoms with E-state index in [9.17, 15) is 20.0 Å². The lowest BCUT2D eigenvalue weighted by Crippen LogP contribution is -2.27. The van der Waals surface area contributed by atoms with Gasteiger partial charge in [-0.05, 0) is 34.8 Å². The second-order valence-electron chi connectivity index (χ2n) is 4.00. The van der Waals surface area contributed by atoms with Gasteiger partial charge >= 0.3 is 0 Å². The predicted octanol–water partition coefficient (Wildman–Crippen LogP) is 2.25. The van der Waals surface area contributed by atoms with Crippen LogP contribution in [0.1, 0.15) is 30.1 Å². The topological polar surface area (TPSA) is 92.5 Å². The number of aliphatic hydroxyl groups is 1. The highest BCUT2D eigenvalue weighted by atomic mass is 79.9. The molecule has 0 saturated heterocycles. The molecule has 6 nitrogen and oxygen atoms in total. The normalized spacial score (nSPS) is 11.9. The van der Waals surface area contributed by atoms with E-state index in [1.807, 2.05) is 6.92 Å². The molecule has 2 N–H and O–H groups in total. The third kappa shape index (κ3) is 4.29. The zero-order valence-electron chi connectivity index (χ0n) is 10.4. The maximum absolute atomic E-state index is 11.9. The third-order valence-corrected chi connectivity index (χ3v) is 3.49. The van der Waals surface area contributed by atoms with Crippen molar-refractivity contribution in [3.05, 3.63) is 38.3 Å². The number of rotatable bonds is 6. The number of hydrogen-bond acceptors (Lipinski definition) is 4. The molecule has 0 heterocycles. The molecule has 1 atom stereocenters. The van der Waals surface area contributed by atoms with Crippen LogP contribution >= 0.6 is 15.9 Å². The summed E-state index contributed by atoms with van der Waals surface area (Å²) in [6.45, 7) is 2.17. The molecule has 0 spiro atoms. The molecule has 1 aromatic rings. The van der Waals surface area contributed by atoms with E-state index in [-0.39, 0.29) is 15.7 Å². The smallest absolute Gasteiger partial charge is 0.284 e. The van der Waals surface area contributed by atoms with E-state index in [4.69, 9.17) is 0 Å². The van der Waals surface area contributed by atoms with Gasteiger partial charge in [-0.2, -0.15) is 0 Å². The Balaban J connectivity index is 2.72. The molecular formula is C12H15BrN2O4. The van der Waals surface area contributed by atoms with Gasteiger partial charge in [0.25, 0.3) is 11.6 Å². The summed E-state index contributed by atoms with van der Waals surface area (Å²) in [5.74, 6) is -0.404. The largest absolute Gasteiger partial charge is 0.393 e. The minimum absolute atomic E-state index is 0.152. The highest BCUT2D eigenvalue weighted by Crippen LogP contribution is 2.28. The van der Waals surface area contributed by atoms with Gasteiger partial charge in [0.2, 0.25) is 0 Å². The Kier molecular flexibility index (Phi) is 5.91. The molecule has 0 aromatic heterocycles. The van der Waals surface area contributed by atoms with Crippen molar-refractivity contribution in [1.82, 2.24) is 5.32 Å². The highest BCUT2D eigenvalue weighted by Gasteiger charge is 2.19. The van der Waals surface area contributed by atoms with Gasteiger partial charge < -0.3 is 10.4 Å². The number of nitrogens with one attached hydrogen (secondary N) is 1. The van der Waals surface area contributed by atoms with Crippen LogP contribution in [-0.4, -0.2) is 28.6 Å². The Morgan fingerprint density at radius 3 is 2.84 bits per heavy atom. The number of hydrogen-bond donors (Lipinski definition) is 2. The molecule has 19 heavy (non-hydrogen) atoms. The first-order valence-corrected chi connectivity index (χ1v) is 6.65. The summed E-state index contributed by atoms with van der Waals surface area (Å²) in [5.41, 5.74) is 0.0569. The SMILES string of the molecule is CCC(O)CCNC(=O)c1cccc([N+](=O)[O-])c1Br. The van der Waals surface area contributed by atoms with Gasteiger partial charge in [0.15, 0.2) is 0 Å². The molecule has 0 aliphatic carbocycles. The number of nitro groups is 1. The summed E-state index contributed by atoms with van der Waals surface area (Å²) < 4.78 is 0.161. The first-order chi connectivity index (χ1) is 8.97. The summed E-state index contributed by atoms with van der Waals surface area (Å²) >= 11 is 3.07. The number of halogens is 1. The standard InChI is InChI=1S/C12H15BrN2O4/c1-2-8(16)6-7-14-12(17)9-4-3-5-10(11(9)13)15(18)19/h3-5,8,16H,2,6-7H2,1H3,(H,14,17). The zero-order chi connectivity index (χ0) is 14.4. The van der Waals surface area contributed by atoms with Gasteiger partial charge in [0.05, 0.1) is 16.6 Å². The average molecular weight is 331 g/mol. The molecular weight excluding hydrogens is 316 g/mol. The van der Waals surface area contributed by atoms with E-state index in [2.05, 4.69) is 21.2 Å². The van der Waals surface area contributed by atoms with Crippen LogP contribution in [0, 0.1) is 10.1 Å². The van der Waals surface area contributed by atoms with Crippen LogP contribution in [0.15, 0.2) is 22.7 Å². The van der Waals surface area contributed by atoms with Crippen molar-refractivity contribution in [2.45, 2.75) is 25.9 Å². The monoisotopic (exact) mass is 330 g/mol. The minimum atomic E-state index is -0.554. The first kappa shape index (κ1) is 15.6. The lowest BCUT2D eigenvalue weighted by molar-refractivity contribution is -0.385. The molecule has 0 radical (unpaired) electrons. The van der Waals surface area contributed by atoms with E-state index in [0.29, 0.717) is 19.4 Å². The van der Waals surface area contributed by atoms with E-state index < -0.39 is 16.9 Å². The van der Waals surface area contributed by atoms with Crippen molar-refractivity contribution in [2.75, 3.05) is 6.54 Å². The van der Waals surface area contributed by atoms with Crippen LogP contribution in [0.2, 0.25) is 0 Å². The molecule has 0 fully saturated rings. The predicted molar refractivity (Wildman–Crippen MR) is 74.0 cm³/mol. The molecule has 1 amide bonds. The maximum atomic E-state index is 11.9. The molecule has 104 valence electrons. The van der Waals surface area contributed by atoms with Gasteiger partial charge in [0.1, 0.15) is 4.47 Å². The van der Waals surface area contributed by atoms with Crippen LogP contribution < -0.4 is 5.32 Å². The van der Waals surface area contributed by atoms with E-state index >= 15 is 0 Å². The average Bonchev–Trinajstić information content (AvgIpc) is 2.38. The molecule has 1 unspecified atom stereocenters. The Morgan fingerprint density at radius 2 is 2.26 bits per heavy atom. The summed E-state index contributed by atoms with van der Waals surface area (Å²) in [6.07, 6.45) is 0.624. The van der Waals surface area contributed by atoms with Crippen LogP contribution in [-0.2, 0) is 0 Å². The second-order valence-corrected chi connectivity index (χ2v) is 4.80. The van der Waals surface area contributed by atoms with Crippen molar-refractivity contribution >= 4 is 27.5 Å². The number of benzene rings is 1. The highest BCUT2D eigenvalue weighted by molar-refractivity contribution is 9.10. The minimum Gasteiger partial charge on any atom is -0.393 e. The number of amides is 1. The summed E-state index contributed by atoms with van der Waals surface area (Å²) in [5, 5.41) is 22.7. The molecule has 7 heteroatoms. The van der Waals surface area contributed by atoms with Gasteiger partial charge in [0, 0.05) is 12.6 Å². The molecule has 0 bridgehead atoms. The van der Waals surface area contributed by atoms with Crippen molar-refractivity contribution in [3.63, 3.8) is 0 Å². The molecule has 1 aromatic carbocycles. The molecule has 0 aliphatic rings. The van der Waals surface area contributed by atoms with Crippen molar-refractivity contribution in [3.8, 4) is 0 Å². The van der Waals surface area contributed by atoms with Gasteiger partial charge in [-0.3, -0.25) is 14.9 Å². The summed E-state index contributed by atoms with van der Waals surface area (Å²) in [6, 6.07) is 4.28. The fourth-order valence-corrected chi connectivity index (χ4v) is 2.08. The second kappa shape index (κ2) is 7.20. The van der Waals surface area contributed by atoms with E-state index in [1.165, 1.54) is 18.2 Å². The lowest BCUT2D eigenvalue weighted by Gasteiger charge is -2.09. The van der Waals surface area contributed by atoms with Crippen LogP contribution in [0.3, 0.4) is 0 Å². The van der Waals surface area contributed by atoms with Gasteiger partial charge in [-0.1, -0.05) is 13.0 Å². The fourth-order valence-electron chi connectivity index (χ4n) is 1.49. The fraction of sp³-hybridized carbons (Fsp3) is 0.417. The van der Waals surface area contributed by atoms with Crippen molar-refractivity contribution < 1.29 is 14.8 Å². The maximum Gasteiger partial charge on any atom is 0.284 e. The number of aliphatic hydroxyl groups excluding tert-OH is 1. The lowest BCUT2D eigenvalue weighted by atomic mass is 10.1. The number of carbonyl (C=O) groups is 1. The Morgan fingerprint density at radius 1 is 1.58 bits per heavy atom. The number of nitrogens with zero attached hydrogens (tertiary/aromatic N) is 1. The van der Waals surface area contributed by atoms with Crippen molar-refractivity contribution in [2.24, 2.45) is 0 Å². The first-order valence-electron chi connectivity index (χ1n) is 5.86. The molecule has 0 aliphatic heterocycles. The number of nitro benzene ring substituents is 1. The molecule has 1 rings (SSSR count). The van der Waals surface area contributed by atoms with Gasteiger partial charge in [-0.25, -0.2) is 0 Å². The Labute approximate surface area is 119 Å². The Bertz CT molecular complexity index is 479. The molecule has 0 saturated carbocycles. The quantitative estimate of drug-likeness (QED) is 0.618.